The van der Waals surface area contributed by atoms with Gasteiger partial charge in [-0.1, -0.05) is 5.57 Å². The molecule has 4 aliphatic rings. The van der Waals surface area contributed by atoms with E-state index in [1.165, 1.54) is 6.42 Å². The molecule has 4 nitrogen and oxygen atoms in total. The van der Waals surface area contributed by atoms with Gasteiger partial charge < -0.3 is 9.84 Å². The average molecular weight is 278 g/mol. The second kappa shape index (κ2) is 5.23. The highest BCUT2D eigenvalue weighted by Crippen LogP contribution is 2.57. The Hall–Kier alpha value is -1.32. The number of carbonyl (C=O) groups excluding carboxylic acids is 1. The summed E-state index contributed by atoms with van der Waals surface area (Å²) >= 11 is 0. The van der Waals surface area contributed by atoms with E-state index < -0.39 is 11.9 Å². The molecular weight excluding hydrogens is 256 g/mol. The van der Waals surface area contributed by atoms with Crippen molar-refractivity contribution in [2.45, 2.75) is 45.4 Å². The number of carbonyl (C=O) groups is 2. The first-order valence-electron chi connectivity index (χ1n) is 7.70. The van der Waals surface area contributed by atoms with Gasteiger partial charge in [0.2, 0.25) is 0 Å². The van der Waals surface area contributed by atoms with Crippen LogP contribution in [0.1, 0.15) is 45.4 Å². The van der Waals surface area contributed by atoms with E-state index in [0.29, 0.717) is 24.0 Å². The second-order valence-electron chi connectivity index (χ2n) is 6.53. The molecule has 4 rings (SSSR count). The Morgan fingerprint density at radius 3 is 2.10 bits per heavy atom. The molecule has 0 aliphatic heterocycles. The number of hydrogen-bond acceptors (Lipinski definition) is 3. The Morgan fingerprint density at radius 1 is 1.10 bits per heavy atom. The molecule has 1 N–H and O–H groups in total. The van der Waals surface area contributed by atoms with E-state index in [4.69, 9.17) is 9.84 Å². The molecular formula is C16H22O4. The van der Waals surface area contributed by atoms with E-state index in [0.717, 1.165) is 43.1 Å². The smallest absolute Gasteiger partial charge is 0.334 e. The number of ether oxygens (including phenoxy) is 1. The lowest BCUT2D eigenvalue weighted by Crippen LogP contribution is -2.41. The van der Waals surface area contributed by atoms with Gasteiger partial charge in [-0.15, -0.1) is 0 Å². The van der Waals surface area contributed by atoms with Crippen LogP contribution in [0.25, 0.3) is 0 Å². The van der Waals surface area contributed by atoms with Crippen molar-refractivity contribution in [3.63, 3.8) is 0 Å². The minimum atomic E-state index is -0.936. The lowest BCUT2D eigenvalue weighted by atomic mass is 9.53. The van der Waals surface area contributed by atoms with Crippen LogP contribution in [0.15, 0.2) is 11.1 Å². The lowest BCUT2D eigenvalue weighted by Gasteiger charge is -2.52. The van der Waals surface area contributed by atoms with Gasteiger partial charge >= 0.3 is 11.9 Å². The van der Waals surface area contributed by atoms with Crippen molar-refractivity contribution >= 4 is 11.9 Å². The lowest BCUT2D eigenvalue weighted by molar-refractivity contribution is -0.142. The van der Waals surface area contributed by atoms with Crippen LogP contribution in [0.3, 0.4) is 0 Å². The Balaban J connectivity index is 1.94. The van der Waals surface area contributed by atoms with Crippen LogP contribution in [-0.2, 0) is 14.3 Å². The Morgan fingerprint density at radius 2 is 1.65 bits per heavy atom. The molecule has 4 heteroatoms. The number of hydrogen-bond donors (Lipinski definition) is 1. The first-order valence-corrected chi connectivity index (χ1v) is 7.70. The SMILES string of the molecule is CCOC(=O)C(CC(=O)O)=C1C2CC3CC(C2)CC1C3. The van der Waals surface area contributed by atoms with Crippen molar-refractivity contribution in [3.8, 4) is 0 Å². The Kier molecular flexibility index (Phi) is 3.57. The fraction of sp³-hybridized carbons (Fsp3) is 0.750. The zero-order chi connectivity index (χ0) is 14.3. The molecule has 110 valence electrons. The maximum atomic E-state index is 12.2. The quantitative estimate of drug-likeness (QED) is 0.634. The van der Waals surface area contributed by atoms with Crippen molar-refractivity contribution in [3.05, 3.63) is 11.1 Å². The van der Waals surface area contributed by atoms with Crippen molar-refractivity contribution in [1.29, 1.82) is 0 Å². The van der Waals surface area contributed by atoms with E-state index in [-0.39, 0.29) is 6.42 Å². The molecule has 0 heterocycles. The van der Waals surface area contributed by atoms with Gasteiger partial charge in [-0.3, -0.25) is 4.79 Å². The highest BCUT2D eigenvalue weighted by atomic mass is 16.5. The molecule has 0 unspecified atom stereocenters. The first kappa shape index (κ1) is 13.7. The average Bonchev–Trinajstić information content (AvgIpc) is 2.36. The van der Waals surface area contributed by atoms with Crippen LogP contribution in [0.5, 0.6) is 0 Å². The van der Waals surface area contributed by atoms with Gasteiger partial charge in [0.05, 0.1) is 13.0 Å². The molecule has 0 saturated heterocycles. The second-order valence-corrected chi connectivity index (χ2v) is 6.53. The van der Waals surface area contributed by atoms with Gasteiger partial charge in [0, 0.05) is 5.57 Å². The van der Waals surface area contributed by atoms with Gasteiger partial charge in [0.1, 0.15) is 0 Å². The monoisotopic (exact) mass is 278 g/mol. The fourth-order valence-corrected chi connectivity index (χ4v) is 4.85. The van der Waals surface area contributed by atoms with Crippen LogP contribution in [0.4, 0.5) is 0 Å². The van der Waals surface area contributed by atoms with E-state index >= 15 is 0 Å². The number of rotatable bonds is 4. The Bertz CT molecular complexity index is 433. The third kappa shape index (κ3) is 2.36. The van der Waals surface area contributed by atoms with E-state index in [9.17, 15) is 9.59 Å². The van der Waals surface area contributed by atoms with Crippen LogP contribution in [0.2, 0.25) is 0 Å². The van der Waals surface area contributed by atoms with Crippen molar-refractivity contribution in [1.82, 2.24) is 0 Å². The van der Waals surface area contributed by atoms with Gasteiger partial charge in [0.15, 0.2) is 0 Å². The van der Waals surface area contributed by atoms with Gasteiger partial charge in [-0.25, -0.2) is 4.79 Å². The number of aliphatic carboxylic acids is 1. The van der Waals surface area contributed by atoms with E-state index in [1.807, 2.05) is 0 Å². The summed E-state index contributed by atoms with van der Waals surface area (Å²) in [4.78, 5) is 23.3. The summed E-state index contributed by atoms with van der Waals surface area (Å²) in [6.07, 6.45) is 5.73. The zero-order valence-corrected chi connectivity index (χ0v) is 11.9. The molecule has 0 aromatic rings. The molecule has 4 bridgehead atoms. The predicted octanol–water partition coefficient (Wildman–Crippen LogP) is 2.78. The summed E-state index contributed by atoms with van der Waals surface area (Å²) < 4.78 is 5.10. The minimum absolute atomic E-state index is 0.184. The minimum Gasteiger partial charge on any atom is -0.481 e. The van der Waals surface area contributed by atoms with Gasteiger partial charge in [0.25, 0.3) is 0 Å². The van der Waals surface area contributed by atoms with Gasteiger partial charge in [-0.05, 0) is 62.7 Å². The van der Waals surface area contributed by atoms with Crippen LogP contribution in [-0.4, -0.2) is 23.7 Å². The topological polar surface area (TPSA) is 63.6 Å². The van der Waals surface area contributed by atoms with Crippen LogP contribution < -0.4 is 0 Å². The molecule has 4 saturated carbocycles. The van der Waals surface area contributed by atoms with Gasteiger partial charge in [-0.2, -0.15) is 0 Å². The molecule has 0 aromatic heterocycles. The summed E-state index contributed by atoms with van der Waals surface area (Å²) in [7, 11) is 0. The molecule has 0 spiro atoms. The van der Waals surface area contributed by atoms with E-state index in [1.54, 1.807) is 6.92 Å². The molecule has 0 aromatic carbocycles. The van der Waals surface area contributed by atoms with Crippen LogP contribution >= 0.6 is 0 Å². The molecule has 4 fully saturated rings. The molecule has 0 radical (unpaired) electrons. The van der Waals surface area contributed by atoms with Crippen LogP contribution in [0, 0.1) is 23.7 Å². The standard InChI is InChI=1S/C16H22O4/c1-2-20-16(19)13(8-14(17)18)15-11-4-9-3-10(6-11)7-12(15)5-9/h9-12H,2-8H2,1H3,(H,17,18). The Labute approximate surface area is 119 Å². The van der Waals surface area contributed by atoms with Crippen molar-refractivity contribution in [2.75, 3.05) is 6.61 Å². The van der Waals surface area contributed by atoms with Crippen molar-refractivity contribution < 1.29 is 19.4 Å². The van der Waals surface area contributed by atoms with Crippen molar-refractivity contribution in [2.24, 2.45) is 23.7 Å². The number of carboxylic acids is 1. The largest absolute Gasteiger partial charge is 0.481 e. The highest BCUT2D eigenvalue weighted by molar-refractivity contribution is 5.94. The molecule has 20 heavy (non-hydrogen) atoms. The number of esters is 1. The first-order chi connectivity index (χ1) is 9.58. The molecule has 0 amide bonds. The third-order valence-corrected chi connectivity index (χ3v) is 5.22. The maximum Gasteiger partial charge on any atom is 0.334 e. The summed E-state index contributed by atoms with van der Waals surface area (Å²) in [6.45, 7) is 2.06. The summed E-state index contributed by atoms with van der Waals surface area (Å²) in [5, 5.41) is 9.11. The number of allylic oxidation sites excluding steroid dienone is 1. The molecule has 0 atom stereocenters. The summed E-state index contributed by atoms with van der Waals surface area (Å²) in [5.41, 5.74) is 1.59. The third-order valence-electron chi connectivity index (χ3n) is 5.22. The predicted molar refractivity (Wildman–Crippen MR) is 73.0 cm³/mol. The summed E-state index contributed by atoms with van der Waals surface area (Å²) in [6, 6.07) is 0. The normalized spacial score (nSPS) is 34.1. The number of carboxylic acid groups (broad SMARTS) is 1. The molecule has 4 aliphatic carbocycles. The zero-order valence-electron chi connectivity index (χ0n) is 11.9. The summed E-state index contributed by atoms with van der Waals surface area (Å²) in [5.74, 6) is 1.13. The fourth-order valence-electron chi connectivity index (χ4n) is 4.85. The maximum absolute atomic E-state index is 12.2. The van der Waals surface area contributed by atoms with E-state index in [2.05, 4.69) is 0 Å². The highest BCUT2D eigenvalue weighted by Gasteiger charge is 2.47.